The molecule has 0 radical (unpaired) electrons. The number of anilines is 1. The number of alkyl halides is 3. The summed E-state index contributed by atoms with van der Waals surface area (Å²) in [7, 11) is 0. The van der Waals surface area contributed by atoms with Gasteiger partial charge in [-0.05, 0) is 26.6 Å². The topological polar surface area (TPSA) is 97.1 Å². The van der Waals surface area contributed by atoms with Gasteiger partial charge in [-0.1, -0.05) is 0 Å². The van der Waals surface area contributed by atoms with Crippen molar-refractivity contribution in [3.05, 3.63) is 47.9 Å². The molecule has 12 heteroatoms. The highest BCUT2D eigenvalue weighted by Crippen LogP contribution is 2.32. The Hall–Kier alpha value is -3.54. The van der Waals surface area contributed by atoms with Gasteiger partial charge in [-0.2, -0.15) is 18.3 Å². The number of H-pyrrole nitrogens is 1. The van der Waals surface area contributed by atoms with Gasteiger partial charge in [0, 0.05) is 30.7 Å². The van der Waals surface area contributed by atoms with E-state index in [9.17, 15) is 13.2 Å². The van der Waals surface area contributed by atoms with Gasteiger partial charge in [-0.25, -0.2) is 15.0 Å². The SMILES string of the molecule is C=N/C(=C\n1c(-c2nccc(N3CCOC(c4cn[nH]c4)C3C)n2)cnc1C)C(F)(F)F. The van der Waals surface area contributed by atoms with Gasteiger partial charge in [-0.15, -0.1) is 0 Å². The summed E-state index contributed by atoms with van der Waals surface area (Å²) in [5, 5.41) is 6.78. The lowest BCUT2D eigenvalue weighted by molar-refractivity contribution is -0.0914. The average molecular weight is 446 g/mol. The number of morpholine rings is 1. The Labute approximate surface area is 181 Å². The van der Waals surface area contributed by atoms with Gasteiger partial charge in [0.15, 0.2) is 11.5 Å². The van der Waals surface area contributed by atoms with E-state index in [1.807, 2.05) is 6.92 Å². The second-order valence-electron chi connectivity index (χ2n) is 7.23. The Kier molecular flexibility index (Phi) is 5.78. The molecule has 4 heterocycles. The fraction of sp³-hybridized carbons (Fsp3) is 0.350. The molecule has 1 saturated heterocycles. The van der Waals surface area contributed by atoms with E-state index in [2.05, 4.69) is 41.8 Å². The van der Waals surface area contributed by atoms with Gasteiger partial charge in [0.05, 0.1) is 25.0 Å². The first kappa shape index (κ1) is 21.7. The largest absolute Gasteiger partial charge is 0.434 e. The number of aromatic amines is 1. The molecule has 1 fully saturated rings. The molecule has 3 aromatic heterocycles. The van der Waals surface area contributed by atoms with Crippen molar-refractivity contribution >= 4 is 18.7 Å². The van der Waals surface area contributed by atoms with Crippen LogP contribution in [0.1, 0.15) is 24.4 Å². The zero-order chi connectivity index (χ0) is 22.9. The number of aliphatic imine (C=N–C) groups is 1. The Balaban J connectivity index is 1.69. The second kappa shape index (κ2) is 8.54. The fourth-order valence-corrected chi connectivity index (χ4v) is 3.64. The third-order valence-electron chi connectivity index (χ3n) is 5.27. The number of imidazole rings is 1. The Morgan fingerprint density at radius 1 is 1.34 bits per heavy atom. The van der Waals surface area contributed by atoms with Crippen molar-refractivity contribution in [3.63, 3.8) is 0 Å². The number of hydrogen-bond acceptors (Lipinski definition) is 7. The second-order valence-corrected chi connectivity index (χ2v) is 7.23. The van der Waals surface area contributed by atoms with Gasteiger partial charge < -0.3 is 9.64 Å². The maximum Gasteiger partial charge on any atom is 0.434 e. The molecule has 0 amide bonds. The summed E-state index contributed by atoms with van der Waals surface area (Å²) in [6.45, 7) is 7.71. The number of ether oxygens (including phenoxy) is 1. The minimum atomic E-state index is -4.65. The summed E-state index contributed by atoms with van der Waals surface area (Å²) in [5.74, 6) is 1.20. The van der Waals surface area contributed by atoms with Crippen LogP contribution < -0.4 is 4.90 Å². The number of aryl methyl sites for hydroxylation is 1. The molecule has 9 nitrogen and oxygen atoms in total. The Morgan fingerprint density at radius 2 is 2.16 bits per heavy atom. The van der Waals surface area contributed by atoms with Crippen LogP contribution in [0.15, 0.2) is 41.5 Å². The van der Waals surface area contributed by atoms with E-state index in [4.69, 9.17) is 4.74 Å². The number of nitrogens with one attached hydrogen (secondary N) is 1. The minimum Gasteiger partial charge on any atom is -0.369 e. The zero-order valence-corrected chi connectivity index (χ0v) is 17.4. The number of nitrogens with zero attached hydrogens (tertiary/aromatic N) is 7. The Morgan fingerprint density at radius 3 is 2.84 bits per heavy atom. The number of rotatable bonds is 5. The molecule has 0 aromatic carbocycles. The third kappa shape index (κ3) is 4.13. The molecule has 0 bridgehead atoms. The zero-order valence-electron chi connectivity index (χ0n) is 17.4. The van der Waals surface area contributed by atoms with Crippen molar-refractivity contribution in [2.75, 3.05) is 18.1 Å². The molecular formula is C20H21F3N8O. The molecular weight excluding hydrogens is 425 g/mol. The molecule has 2 unspecified atom stereocenters. The van der Waals surface area contributed by atoms with Crippen molar-refractivity contribution in [1.29, 1.82) is 0 Å². The van der Waals surface area contributed by atoms with E-state index in [0.29, 0.717) is 30.5 Å². The smallest absolute Gasteiger partial charge is 0.369 e. The molecule has 0 spiro atoms. The molecule has 4 rings (SSSR count). The third-order valence-corrected chi connectivity index (χ3v) is 5.27. The van der Waals surface area contributed by atoms with Gasteiger partial charge in [0.2, 0.25) is 0 Å². The summed E-state index contributed by atoms with van der Waals surface area (Å²) in [5.41, 5.74) is 0.0923. The van der Waals surface area contributed by atoms with Gasteiger partial charge in [0.25, 0.3) is 0 Å². The van der Waals surface area contributed by atoms with Crippen molar-refractivity contribution in [2.45, 2.75) is 32.2 Å². The molecule has 2 atom stereocenters. The molecule has 32 heavy (non-hydrogen) atoms. The fourth-order valence-electron chi connectivity index (χ4n) is 3.64. The van der Waals surface area contributed by atoms with Crippen molar-refractivity contribution in [1.82, 2.24) is 29.7 Å². The lowest BCUT2D eigenvalue weighted by Gasteiger charge is -2.39. The predicted molar refractivity (Wildman–Crippen MR) is 112 cm³/mol. The van der Waals surface area contributed by atoms with Crippen LogP contribution >= 0.6 is 0 Å². The summed E-state index contributed by atoms with van der Waals surface area (Å²) < 4.78 is 46.7. The average Bonchev–Trinajstić information content (AvgIpc) is 3.41. The highest BCUT2D eigenvalue weighted by atomic mass is 19.4. The van der Waals surface area contributed by atoms with Crippen LogP contribution in [0.3, 0.4) is 0 Å². The van der Waals surface area contributed by atoms with Gasteiger partial charge in [0.1, 0.15) is 23.4 Å². The first-order valence-corrected chi connectivity index (χ1v) is 9.79. The van der Waals surface area contributed by atoms with Gasteiger partial charge >= 0.3 is 6.18 Å². The summed E-state index contributed by atoms with van der Waals surface area (Å²) in [6, 6.07) is 1.70. The standard InChI is InChI=1S/C20H21F3N8O/c1-12-18(14-8-27-28-9-14)32-7-6-30(12)17-4-5-25-19(29-17)15-10-26-13(2)31(15)11-16(24-3)20(21,22)23/h4-5,8-12,18H,3,6-7H2,1-2H3,(H,27,28)/b16-11-. The van der Waals surface area contributed by atoms with Crippen LogP contribution in [-0.4, -0.2) is 61.8 Å². The van der Waals surface area contributed by atoms with E-state index in [1.165, 1.54) is 10.8 Å². The van der Waals surface area contributed by atoms with E-state index in [-0.39, 0.29) is 18.0 Å². The molecule has 1 N–H and O–H groups in total. The van der Waals surface area contributed by atoms with Gasteiger partial charge in [-0.3, -0.25) is 14.7 Å². The quantitative estimate of drug-likeness (QED) is 0.604. The monoisotopic (exact) mass is 446 g/mol. The predicted octanol–water partition coefficient (Wildman–Crippen LogP) is 3.40. The van der Waals surface area contributed by atoms with Crippen molar-refractivity contribution in [3.8, 4) is 11.5 Å². The first-order chi connectivity index (χ1) is 15.3. The van der Waals surface area contributed by atoms with Crippen LogP contribution in [0.2, 0.25) is 0 Å². The summed E-state index contributed by atoms with van der Waals surface area (Å²) >= 11 is 0. The number of hydrogen-bond donors (Lipinski definition) is 1. The van der Waals surface area contributed by atoms with Crippen LogP contribution in [0.5, 0.6) is 0 Å². The van der Waals surface area contributed by atoms with Crippen LogP contribution in [0, 0.1) is 6.92 Å². The summed E-state index contributed by atoms with van der Waals surface area (Å²) in [4.78, 5) is 18.2. The number of allylic oxidation sites excluding steroid dienone is 1. The molecule has 168 valence electrons. The first-order valence-electron chi connectivity index (χ1n) is 9.79. The normalized spacial score (nSPS) is 19.9. The summed E-state index contributed by atoms with van der Waals surface area (Å²) in [6.07, 6.45) is 2.49. The van der Waals surface area contributed by atoms with Crippen molar-refractivity contribution in [2.24, 2.45) is 4.99 Å². The molecule has 0 saturated carbocycles. The van der Waals surface area contributed by atoms with E-state index < -0.39 is 11.9 Å². The highest BCUT2D eigenvalue weighted by molar-refractivity contribution is 5.58. The molecule has 3 aromatic rings. The van der Waals surface area contributed by atoms with E-state index in [1.54, 1.807) is 31.6 Å². The minimum absolute atomic E-state index is 0.0579. The van der Waals surface area contributed by atoms with E-state index >= 15 is 0 Å². The lowest BCUT2D eigenvalue weighted by atomic mass is 10.0. The molecule has 1 aliphatic heterocycles. The van der Waals surface area contributed by atoms with E-state index in [0.717, 1.165) is 11.8 Å². The van der Waals surface area contributed by atoms with Crippen LogP contribution in [0.25, 0.3) is 17.7 Å². The van der Waals surface area contributed by atoms with Crippen molar-refractivity contribution < 1.29 is 17.9 Å². The van der Waals surface area contributed by atoms with Crippen LogP contribution in [-0.2, 0) is 4.74 Å². The maximum atomic E-state index is 13.2. The highest BCUT2D eigenvalue weighted by Gasteiger charge is 2.34. The Bertz CT molecular complexity index is 1120. The lowest BCUT2D eigenvalue weighted by Crippen LogP contribution is -2.46. The molecule has 1 aliphatic rings. The number of aromatic nitrogens is 6. The van der Waals surface area contributed by atoms with Crippen LogP contribution in [0.4, 0.5) is 19.0 Å². The molecule has 0 aliphatic carbocycles. The number of halogens is 3. The maximum absolute atomic E-state index is 13.2.